The summed E-state index contributed by atoms with van der Waals surface area (Å²) in [5, 5.41) is 5.55. The minimum atomic E-state index is -1.06. The molecule has 8 heteroatoms. The van der Waals surface area contributed by atoms with Gasteiger partial charge in [-0.05, 0) is 30.2 Å². The third-order valence-electron chi connectivity index (χ3n) is 4.18. The van der Waals surface area contributed by atoms with Gasteiger partial charge >= 0.3 is 12.0 Å². The van der Waals surface area contributed by atoms with E-state index < -0.39 is 29.9 Å². The highest BCUT2D eigenvalue weighted by molar-refractivity contribution is 6.21. The van der Waals surface area contributed by atoms with Crippen molar-refractivity contribution in [3.8, 4) is 0 Å². The number of nitrogens with one attached hydrogen (secondary N) is 2. The highest BCUT2D eigenvalue weighted by Crippen LogP contribution is 2.23. The number of fused-ring (bicyclic) bond motifs is 1. The van der Waals surface area contributed by atoms with Crippen molar-refractivity contribution < 1.29 is 24.0 Å². The number of nitrogens with zero attached hydrogens (tertiary/aromatic N) is 1. The number of carbonyl (C=O) groups is 4. The van der Waals surface area contributed by atoms with Gasteiger partial charge in [-0.1, -0.05) is 49.2 Å². The highest BCUT2D eigenvalue weighted by atomic mass is 16.7. The van der Waals surface area contributed by atoms with Crippen molar-refractivity contribution in [2.45, 2.75) is 19.9 Å². The predicted molar refractivity (Wildman–Crippen MR) is 100 cm³/mol. The maximum absolute atomic E-state index is 12.6. The molecule has 1 heterocycles. The lowest BCUT2D eigenvalue weighted by molar-refractivity contribution is -0.172. The zero-order chi connectivity index (χ0) is 20.3. The molecule has 1 unspecified atom stereocenters. The summed E-state index contributed by atoms with van der Waals surface area (Å²) >= 11 is 0. The van der Waals surface area contributed by atoms with Crippen molar-refractivity contribution in [3.63, 3.8) is 0 Å². The number of amides is 4. The Morgan fingerprint density at radius 3 is 1.96 bits per heavy atom. The largest absolute Gasteiger partial charge is 0.355 e. The third kappa shape index (κ3) is 3.85. The predicted octanol–water partition coefficient (Wildman–Crippen LogP) is 2.59. The molecule has 4 amide bonds. The number of benzene rings is 2. The normalized spacial score (nSPS) is 13.9. The van der Waals surface area contributed by atoms with Crippen molar-refractivity contribution in [1.29, 1.82) is 0 Å². The van der Waals surface area contributed by atoms with Gasteiger partial charge in [-0.25, -0.2) is 9.59 Å². The molecule has 0 aromatic heterocycles. The Morgan fingerprint density at radius 1 is 0.893 bits per heavy atom. The van der Waals surface area contributed by atoms with Crippen molar-refractivity contribution in [2.75, 3.05) is 5.32 Å². The van der Waals surface area contributed by atoms with E-state index in [4.69, 9.17) is 4.84 Å². The molecule has 144 valence electrons. The Balaban J connectivity index is 1.68. The van der Waals surface area contributed by atoms with Crippen LogP contribution in [0.1, 0.15) is 34.6 Å². The van der Waals surface area contributed by atoms with Gasteiger partial charge < -0.3 is 15.5 Å². The first kappa shape index (κ1) is 19.1. The molecule has 28 heavy (non-hydrogen) atoms. The molecular weight excluding hydrogens is 362 g/mol. The van der Waals surface area contributed by atoms with Gasteiger partial charge in [0.2, 0.25) is 0 Å². The summed E-state index contributed by atoms with van der Waals surface area (Å²) < 4.78 is 0. The maximum Gasteiger partial charge on any atom is 0.355 e. The molecule has 2 aromatic rings. The van der Waals surface area contributed by atoms with Gasteiger partial charge in [-0.15, -0.1) is 0 Å². The monoisotopic (exact) mass is 381 g/mol. The van der Waals surface area contributed by atoms with E-state index >= 15 is 0 Å². The molecule has 2 aromatic carbocycles. The van der Waals surface area contributed by atoms with E-state index in [-0.39, 0.29) is 17.0 Å². The lowest BCUT2D eigenvalue weighted by Gasteiger charge is -2.22. The zero-order valence-electron chi connectivity index (χ0n) is 15.3. The summed E-state index contributed by atoms with van der Waals surface area (Å²) in [5.74, 6) is -2.69. The Labute approximate surface area is 161 Å². The van der Waals surface area contributed by atoms with Gasteiger partial charge in [-0.2, -0.15) is 0 Å². The molecule has 2 N–H and O–H groups in total. The number of hydroxylamine groups is 2. The van der Waals surface area contributed by atoms with Gasteiger partial charge in [0.25, 0.3) is 11.8 Å². The van der Waals surface area contributed by atoms with E-state index in [9.17, 15) is 19.2 Å². The molecular formula is C20H19N3O5. The van der Waals surface area contributed by atoms with Crippen molar-refractivity contribution in [2.24, 2.45) is 5.92 Å². The molecule has 0 saturated heterocycles. The molecule has 3 rings (SSSR count). The number of rotatable bonds is 5. The fourth-order valence-corrected chi connectivity index (χ4v) is 2.72. The van der Waals surface area contributed by atoms with Crippen LogP contribution >= 0.6 is 0 Å². The first-order valence-electron chi connectivity index (χ1n) is 8.70. The molecule has 0 aliphatic carbocycles. The number of urea groups is 1. The average Bonchev–Trinajstić information content (AvgIpc) is 2.92. The lowest BCUT2D eigenvalue weighted by atomic mass is 10.1. The molecule has 0 fully saturated rings. The fraction of sp³-hybridized carbons (Fsp3) is 0.200. The van der Waals surface area contributed by atoms with Crippen LogP contribution in [0.4, 0.5) is 10.5 Å². The van der Waals surface area contributed by atoms with Crippen molar-refractivity contribution in [1.82, 2.24) is 10.4 Å². The number of anilines is 1. The van der Waals surface area contributed by atoms with Gasteiger partial charge in [-0.3, -0.25) is 9.59 Å². The van der Waals surface area contributed by atoms with Crippen LogP contribution in [0.3, 0.4) is 0 Å². The van der Waals surface area contributed by atoms with Crippen molar-refractivity contribution in [3.05, 3.63) is 65.7 Å². The number of carbonyl (C=O) groups excluding carboxylic acids is 4. The van der Waals surface area contributed by atoms with Crippen LogP contribution in [0.25, 0.3) is 0 Å². The summed E-state index contributed by atoms with van der Waals surface area (Å²) in [7, 11) is 0. The number of imide groups is 1. The summed E-state index contributed by atoms with van der Waals surface area (Å²) in [5.41, 5.74) is 0.878. The molecule has 8 nitrogen and oxygen atoms in total. The molecule has 0 spiro atoms. The highest BCUT2D eigenvalue weighted by Gasteiger charge is 2.40. The van der Waals surface area contributed by atoms with Crippen LogP contribution in [0, 0.1) is 5.92 Å². The molecule has 0 radical (unpaired) electrons. The van der Waals surface area contributed by atoms with Crippen LogP contribution in [-0.2, 0) is 9.63 Å². The van der Waals surface area contributed by atoms with E-state index in [1.54, 1.807) is 56.3 Å². The first-order valence-corrected chi connectivity index (χ1v) is 8.70. The topological polar surface area (TPSA) is 105 Å². The second-order valence-corrected chi connectivity index (χ2v) is 6.55. The minimum Gasteiger partial charge on any atom is -0.327 e. The second-order valence-electron chi connectivity index (χ2n) is 6.55. The number of hydrogen-bond donors (Lipinski definition) is 2. The quantitative estimate of drug-likeness (QED) is 0.775. The molecule has 1 atom stereocenters. The standard InChI is InChI=1S/C20H19N3O5/c1-12(2)16(22-20(27)21-13-8-4-3-5-9-13)19(26)28-23-17(24)14-10-6-7-11-15(14)18(23)25/h3-12,16H,1-2H3,(H2,21,22,27). The fourth-order valence-electron chi connectivity index (χ4n) is 2.72. The minimum absolute atomic E-state index is 0.163. The summed E-state index contributed by atoms with van der Waals surface area (Å²) in [4.78, 5) is 54.5. The van der Waals surface area contributed by atoms with Gasteiger partial charge in [0.1, 0.15) is 6.04 Å². The Bertz CT molecular complexity index is 891. The second kappa shape index (κ2) is 7.91. The molecule has 0 bridgehead atoms. The smallest absolute Gasteiger partial charge is 0.327 e. The summed E-state index contributed by atoms with van der Waals surface area (Å²) in [6.45, 7) is 3.41. The van der Waals surface area contributed by atoms with Crippen LogP contribution in [0.5, 0.6) is 0 Å². The van der Waals surface area contributed by atoms with Gasteiger partial charge in [0.15, 0.2) is 0 Å². The average molecular weight is 381 g/mol. The number of hydrogen-bond acceptors (Lipinski definition) is 5. The van der Waals surface area contributed by atoms with E-state index in [0.29, 0.717) is 10.8 Å². The number of para-hydroxylation sites is 1. The SMILES string of the molecule is CC(C)C(NC(=O)Nc1ccccc1)C(=O)ON1C(=O)c2ccccc2C1=O. The third-order valence-corrected chi connectivity index (χ3v) is 4.18. The summed E-state index contributed by atoms with van der Waals surface area (Å²) in [6.07, 6.45) is 0. The van der Waals surface area contributed by atoms with E-state index in [1.165, 1.54) is 12.1 Å². The van der Waals surface area contributed by atoms with Crippen molar-refractivity contribution >= 4 is 29.5 Å². The van der Waals surface area contributed by atoms with Gasteiger partial charge in [0.05, 0.1) is 11.1 Å². The Kier molecular flexibility index (Phi) is 5.39. The zero-order valence-corrected chi connectivity index (χ0v) is 15.3. The lowest BCUT2D eigenvalue weighted by Crippen LogP contribution is -2.49. The molecule has 0 saturated carbocycles. The van der Waals surface area contributed by atoms with Crippen LogP contribution in [-0.4, -0.2) is 34.9 Å². The van der Waals surface area contributed by atoms with Gasteiger partial charge in [0, 0.05) is 5.69 Å². The molecule has 1 aliphatic heterocycles. The Hall–Kier alpha value is -3.68. The van der Waals surface area contributed by atoms with Crippen LogP contribution < -0.4 is 10.6 Å². The molecule has 1 aliphatic rings. The Morgan fingerprint density at radius 2 is 1.43 bits per heavy atom. The first-order chi connectivity index (χ1) is 13.4. The van der Waals surface area contributed by atoms with Crippen LogP contribution in [0.2, 0.25) is 0 Å². The van der Waals surface area contributed by atoms with E-state index in [2.05, 4.69) is 10.6 Å². The van der Waals surface area contributed by atoms with E-state index in [1.807, 2.05) is 0 Å². The van der Waals surface area contributed by atoms with Crippen LogP contribution in [0.15, 0.2) is 54.6 Å². The maximum atomic E-state index is 12.6. The van der Waals surface area contributed by atoms with E-state index in [0.717, 1.165) is 0 Å². The summed E-state index contributed by atoms with van der Waals surface area (Å²) in [6, 6.07) is 13.2.